The normalized spacial score (nSPS) is 11.3. The average molecular weight is 294 g/mol. The van der Waals surface area contributed by atoms with Crippen LogP contribution in [0.15, 0.2) is 47.4 Å². The van der Waals surface area contributed by atoms with Crippen LogP contribution in [0.3, 0.4) is 0 Å². The molecule has 3 N–H and O–H groups in total. The van der Waals surface area contributed by atoms with Crippen LogP contribution in [0, 0.1) is 12.7 Å². The van der Waals surface area contributed by atoms with E-state index in [0.717, 1.165) is 11.3 Å². The Morgan fingerprint density at radius 3 is 2.35 bits per heavy atom. The van der Waals surface area contributed by atoms with Crippen LogP contribution in [-0.4, -0.2) is 8.42 Å². The SMILES string of the molecule is Cc1ccc(CNc2ccc(S(N)(=O)=O)cc2)cc1F. The minimum atomic E-state index is -3.67. The lowest BCUT2D eigenvalue weighted by atomic mass is 10.1. The smallest absolute Gasteiger partial charge is 0.238 e. The molecule has 20 heavy (non-hydrogen) atoms. The number of nitrogens with two attached hydrogens (primary N) is 1. The van der Waals surface area contributed by atoms with E-state index in [1.165, 1.54) is 18.2 Å². The number of halogens is 1. The van der Waals surface area contributed by atoms with Gasteiger partial charge in [0.1, 0.15) is 5.82 Å². The van der Waals surface area contributed by atoms with Gasteiger partial charge in [-0.1, -0.05) is 12.1 Å². The first-order chi connectivity index (χ1) is 9.36. The van der Waals surface area contributed by atoms with E-state index >= 15 is 0 Å². The predicted molar refractivity (Wildman–Crippen MR) is 76.3 cm³/mol. The fourth-order valence-corrected chi connectivity index (χ4v) is 2.23. The summed E-state index contributed by atoms with van der Waals surface area (Å²) in [7, 11) is -3.67. The molecule has 0 radical (unpaired) electrons. The van der Waals surface area contributed by atoms with Gasteiger partial charge in [0.2, 0.25) is 10.0 Å². The summed E-state index contributed by atoms with van der Waals surface area (Å²) in [6, 6.07) is 11.1. The number of primary sulfonamides is 1. The van der Waals surface area contributed by atoms with E-state index in [1.807, 2.05) is 6.07 Å². The number of aryl methyl sites for hydroxylation is 1. The van der Waals surface area contributed by atoms with Gasteiger partial charge in [-0.25, -0.2) is 17.9 Å². The summed E-state index contributed by atoms with van der Waals surface area (Å²) < 4.78 is 35.6. The molecule has 0 unspecified atom stereocenters. The second kappa shape index (κ2) is 5.60. The van der Waals surface area contributed by atoms with Gasteiger partial charge in [-0.05, 0) is 48.4 Å². The molecule has 0 amide bonds. The first-order valence-corrected chi connectivity index (χ1v) is 7.52. The summed E-state index contributed by atoms with van der Waals surface area (Å²) in [6.45, 7) is 2.16. The highest BCUT2D eigenvalue weighted by atomic mass is 32.2. The third-order valence-electron chi connectivity index (χ3n) is 2.92. The molecule has 0 saturated carbocycles. The summed E-state index contributed by atoms with van der Waals surface area (Å²) >= 11 is 0. The highest BCUT2D eigenvalue weighted by Gasteiger charge is 2.06. The third kappa shape index (κ3) is 3.55. The van der Waals surface area contributed by atoms with Crippen molar-refractivity contribution in [2.45, 2.75) is 18.4 Å². The number of nitrogens with one attached hydrogen (secondary N) is 1. The molecule has 2 rings (SSSR count). The monoisotopic (exact) mass is 294 g/mol. The Hall–Kier alpha value is -1.92. The minimum Gasteiger partial charge on any atom is -0.381 e. The molecule has 106 valence electrons. The molecule has 0 saturated heterocycles. The summed E-state index contributed by atoms with van der Waals surface area (Å²) in [4.78, 5) is 0.0597. The van der Waals surface area contributed by atoms with E-state index in [1.54, 1.807) is 25.1 Å². The number of anilines is 1. The maximum atomic E-state index is 13.4. The van der Waals surface area contributed by atoms with Crippen LogP contribution in [-0.2, 0) is 16.6 Å². The van der Waals surface area contributed by atoms with E-state index in [4.69, 9.17) is 5.14 Å². The van der Waals surface area contributed by atoms with Crippen molar-refractivity contribution in [2.24, 2.45) is 5.14 Å². The number of sulfonamides is 1. The van der Waals surface area contributed by atoms with Crippen molar-refractivity contribution < 1.29 is 12.8 Å². The Kier molecular flexibility index (Phi) is 4.06. The van der Waals surface area contributed by atoms with E-state index in [2.05, 4.69) is 5.32 Å². The van der Waals surface area contributed by atoms with Gasteiger partial charge in [-0.2, -0.15) is 0 Å². The fraction of sp³-hybridized carbons (Fsp3) is 0.143. The van der Waals surface area contributed by atoms with Crippen molar-refractivity contribution in [1.82, 2.24) is 0 Å². The molecule has 0 aliphatic heterocycles. The standard InChI is InChI=1S/C14H15FN2O2S/c1-10-2-3-11(8-14(10)15)9-17-12-4-6-13(7-5-12)20(16,18)19/h2-8,17H,9H2,1H3,(H2,16,18,19). The van der Waals surface area contributed by atoms with Crippen molar-refractivity contribution in [3.63, 3.8) is 0 Å². The highest BCUT2D eigenvalue weighted by molar-refractivity contribution is 7.89. The van der Waals surface area contributed by atoms with Gasteiger partial charge >= 0.3 is 0 Å². The molecule has 2 aromatic rings. The van der Waals surface area contributed by atoms with Crippen LogP contribution in [0.1, 0.15) is 11.1 Å². The molecular formula is C14H15FN2O2S. The molecular weight excluding hydrogens is 279 g/mol. The van der Waals surface area contributed by atoms with Crippen molar-refractivity contribution in [3.05, 3.63) is 59.4 Å². The lowest BCUT2D eigenvalue weighted by Crippen LogP contribution is -2.12. The molecule has 0 heterocycles. The van der Waals surface area contributed by atoms with Crippen LogP contribution >= 0.6 is 0 Å². The third-order valence-corrected chi connectivity index (χ3v) is 3.84. The molecule has 0 aliphatic rings. The zero-order valence-electron chi connectivity index (χ0n) is 10.9. The zero-order valence-corrected chi connectivity index (χ0v) is 11.7. The number of hydrogen-bond acceptors (Lipinski definition) is 3. The first-order valence-electron chi connectivity index (χ1n) is 5.98. The van der Waals surface area contributed by atoms with Gasteiger partial charge in [0, 0.05) is 12.2 Å². The Labute approximate surface area is 117 Å². The molecule has 4 nitrogen and oxygen atoms in total. The second-order valence-electron chi connectivity index (χ2n) is 4.51. The van der Waals surface area contributed by atoms with Gasteiger partial charge in [0.15, 0.2) is 0 Å². The highest BCUT2D eigenvalue weighted by Crippen LogP contribution is 2.15. The Bertz CT molecular complexity index is 712. The van der Waals surface area contributed by atoms with Crippen LogP contribution in [0.2, 0.25) is 0 Å². The van der Waals surface area contributed by atoms with Crippen molar-refractivity contribution in [3.8, 4) is 0 Å². The molecule has 0 bridgehead atoms. The number of hydrogen-bond donors (Lipinski definition) is 2. The van der Waals surface area contributed by atoms with Crippen LogP contribution in [0.25, 0.3) is 0 Å². The average Bonchev–Trinajstić information content (AvgIpc) is 2.40. The van der Waals surface area contributed by atoms with Gasteiger partial charge in [0.25, 0.3) is 0 Å². The molecule has 0 aromatic heterocycles. The van der Waals surface area contributed by atoms with Gasteiger partial charge in [0.05, 0.1) is 4.90 Å². The fourth-order valence-electron chi connectivity index (χ4n) is 1.71. The van der Waals surface area contributed by atoms with E-state index in [-0.39, 0.29) is 10.7 Å². The van der Waals surface area contributed by atoms with Crippen LogP contribution in [0.4, 0.5) is 10.1 Å². The van der Waals surface area contributed by atoms with Crippen molar-refractivity contribution in [1.29, 1.82) is 0 Å². The van der Waals surface area contributed by atoms with Crippen molar-refractivity contribution >= 4 is 15.7 Å². The molecule has 0 atom stereocenters. The maximum Gasteiger partial charge on any atom is 0.238 e. The van der Waals surface area contributed by atoms with E-state index < -0.39 is 10.0 Å². The lowest BCUT2D eigenvalue weighted by molar-refractivity contribution is 0.598. The quantitative estimate of drug-likeness (QED) is 0.909. The molecule has 0 spiro atoms. The second-order valence-corrected chi connectivity index (χ2v) is 6.07. The van der Waals surface area contributed by atoms with Gasteiger partial charge < -0.3 is 5.32 Å². The van der Waals surface area contributed by atoms with Crippen molar-refractivity contribution in [2.75, 3.05) is 5.32 Å². The Morgan fingerprint density at radius 2 is 1.80 bits per heavy atom. The zero-order chi connectivity index (χ0) is 14.8. The van der Waals surface area contributed by atoms with Crippen LogP contribution < -0.4 is 10.5 Å². The van der Waals surface area contributed by atoms with E-state index in [9.17, 15) is 12.8 Å². The summed E-state index contributed by atoms with van der Waals surface area (Å²) in [5.41, 5.74) is 2.15. The topological polar surface area (TPSA) is 72.2 Å². The van der Waals surface area contributed by atoms with Gasteiger partial charge in [-0.3, -0.25) is 0 Å². The predicted octanol–water partition coefficient (Wildman–Crippen LogP) is 2.39. The molecule has 6 heteroatoms. The van der Waals surface area contributed by atoms with Crippen LogP contribution in [0.5, 0.6) is 0 Å². The molecule has 2 aromatic carbocycles. The minimum absolute atomic E-state index is 0.0597. The summed E-state index contributed by atoms with van der Waals surface area (Å²) in [5, 5.41) is 8.10. The first kappa shape index (κ1) is 14.5. The lowest BCUT2D eigenvalue weighted by Gasteiger charge is -2.08. The Balaban J connectivity index is 2.06. The molecule has 0 aliphatic carbocycles. The summed E-state index contributed by atoms with van der Waals surface area (Å²) in [6.07, 6.45) is 0. The number of benzene rings is 2. The van der Waals surface area contributed by atoms with Gasteiger partial charge in [-0.15, -0.1) is 0 Å². The molecule has 0 fully saturated rings. The maximum absolute atomic E-state index is 13.4. The van der Waals surface area contributed by atoms with E-state index in [0.29, 0.717) is 12.1 Å². The largest absolute Gasteiger partial charge is 0.381 e. The number of rotatable bonds is 4. The summed E-state index contributed by atoms with van der Waals surface area (Å²) in [5.74, 6) is -0.242. The Morgan fingerprint density at radius 1 is 1.15 bits per heavy atom.